The number of benzene rings is 1. The van der Waals surface area contributed by atoms with Crippen LogP contribution in [0.5, 0.6) is 11.5 Å². The van der Waals surface area contributed by atoms with Crippen LogP contribution in [0.15, 0.2) is 18.2 Å². The van der Waals surface area contributed by atoms with Crippen molar-refractivity contribution in [3.8, 4) is 11.5 Å². The van der Waals surface area contributed by atoms with Gasteiger partial charge in [0.1, 0.15) is 13.2 Å². The predicted molar refractivity (Wildman–Crippen MR) is 78.7 cm³/mol. The molecule has 0 saturated heterocycles. The van der Waals surface area contributed by atoms with E-state index in [1.807, 2.05) is 12.1 Å². The van der Waals surface area contributed by atoms with E-state index in [9.17, 15) is 0 Å². The Morgan fingerprint density at radius 1 is 1.21 bits per heavy atom. The van der Waals surface area contributed by atoms with Gasteiger partial charge in [-0.1, -0.05) is 12.2 Å². The first kappa shape index (κ1) is 13.9. The fourth-order valence-corrected chi connectivity index (χ4v) is 2.05. The Kier molecular flexibility index (Phi) is 4.15. The third kappa shape index (κ3) is 4.00. The van der Waals surface area contributed by atoms with E-state index in [-0.39, 0.29) is 5.54 Å². The summed E-state index contributed by atoms with van der Waals surface area (Å²) in [5.74, 6) is 1.69. The fourth-order valence-electron chi connectivity index (χ4n) is 2.05. The maximum absolute atomic E-state index is 5.97. The van der Waals surface area contributed by atoms with Gasteiger partial charge in [-0.2, -0.15) is 0 Å². The summed E-state index contributed by atoms with van der Waals surface area (Å²) in [4.78, 5) is 0. The van der Waals surface area contributed by atoms with Gasteiger partial charge in [0.15, 0.2) is 11.5 Å². The molecule has 19 heavy (non-hydrogen) atoms. The van der Waals surface area contributed by atoms with E-state index in [2.05, 4.69) is 32.9 Å². The smallest absolute Gasteiger partial charge is 0.161 e. The molecule has 1 heterocycles. The summed E-state index contributed by atoms with van der Waals surface area (Å²) in [5.41, 5.74) is 8.24. The average molecular weight is 261 g/mol. The highest BCUT2D eigenvalue weighted by Gasteiger charge is 2.13. The molecule has 0 amide bonds. The normalized spacial score (nSPS) is 14.9. The van der Waals surface area contributed by atoms with Crippen molar-refractivity contribution in [2.75, 3.05) is 13.2 Å². The molecule has 1 aliphatic rings. The van der Waals surface area contributed by atoms with Gasteiger partial charge < -0.3 is 15.2 Å². The van der Waals surface area contributed by atoms with Crippen LogP contribution in [0.1, 0.15) is 37.8 Å². The molecule has 1 aliphatic heterocycles. The molecule has 0 fully saturated rings. The van der Waals surface area contributed by atoms with Crippen molar-refractivity contribution in [3.05, 3.63) is 29.3 Å². The van der Waals surface area contributed by atoms with Crippen LogP contribution >= 0.6 is 0 Å². The minimum absolute atomic E-state index is 0.105. The molecule has 1 aromatic carbocycles. The second-order valence-electron chi connectivity index (χ2n) is 5.78. The van der Waals surface area contributed by atoms with E-state index in [4.69, 9.17) is 15.2 Å². The molecule has 104 valence electrons. The maximum Gasteiger partial charge on any atom is 0.161 e. The lowest BCUT2D eigenvalue weighted by Gasteiger charge is -2.19. The van der Waals surface area contributed by atoms with Crippen molar-refractivity contribution in [1.29, 1.82) is 0 Å². The quantitative estimate of drug-likeness (QED) is 0.904. The van der Waals surface area contributed by atoms with Crippen LogP contribution in [0.25, 0.3) is 6.08 Å². The number of hydrogen-bond acceptors (Lipinski definition) is 3. The molecule has 0 radical (unpaired) electrons. The van der Waals surface area contributed by atoms with Gasteiger partial charge in [-0.15, -0.1) is 0 Å². The second kappa shape index (κ2) is 5.66. The zero-order valence-corrected chi connectivity index (χ0v) is 12.0. The first-order valence-electron chi connectivity index (χ1n) is 6.81. The molecule has 0 saturated carbocycles. The molecular formula is C16H23NO2. The second-order valence-corrected chi connectivity index (χ2v) is 5.78. The van der Waals surface area contributed by atoms with Gasteiger partial charge in [-0.3, -0.25) is 0 Å². The Labute approximate surface area is 115 Å². The average Bonchev–Trinajstić information content (AvgIpc) is 2.33. The highest BCUT2D eigenvalue weighted by atomic mass is 16.6. The summed E-state index contributed by atoms with van der Waals surface area (Å²) < 4.78 is 11.2. The minimum atomic E-state index is -0.105. The maximum atomic E-state index is 5.97. The van der Waals surface area contributed by atoms with Gasteiger partial charge in [-0.25, -0.2) is 0 Å². The van der Waals surface area contributed by atoms with Crippen molar-refractivity contribution in [2.45, 2.75) is 39.2 Å². The van der Waals surface area contributed by atoms with Gasteiger partial charge in [0.25, 0.3) is 0 Å². The van der Waals surface area contributed by atoms with E-state index in [1.165, 1.54) is 11.1 Å². The molecule has 2 rings (SSSR count). The number of fused-ring (bicyclic) bond motifs is 1. The number of allylic oxidation sites excluding steroid dienone is 1. The lowest BCUT2D eigenvalue weighted by atomic mass is 9.99. The van der Waals surface area contributed by atoms with Gasteiger partial charge in [-0.05, 0) is 56.9 Å². The summed E-state index contributed by atoms with van der Waals surface area (Å²) in [6, 6.07) is 4.09. The third-order valence-electron chi connectivity index (χ3n) is 3.18. The van der Waals surface area contributed by atoms with E-state index in [1.54, 1.807) is 0 Å². The van der Waals surface area contributed by atoms with E-state index < -0.39 is 0 Å². The zero-order chi connectivity index (χ0) is 13.9. The molecule has 0 spiro atoms. The molecule has 3 heteroatoms. The number of aryl methyl sites for hydroxylation is 1. The van der Waals surface area contributed by atoms with E-state index in [0.29, 0.717) is 13.2 Å². The first-order valence-corrected chi connectivity index (χ1v) is 6.81. The number of nitrogens with two attached hydrogens (primary N) is 1. The Morgan fingerprint density at radius 2 is 1.84 bits per heavy atom. The molecule has 2 N–H and O–H groups in total. The van der Waals surface area contributed by atoms with Crippen molar-refractivity contribution < 1.29 is 9.47 Å². The van der Waals surface area contributed by atoms with Crippen molar-refractivity contribution in [3.63, 3.8) is 0 Å². The van der Waals surface area contributed by atoms with Crippen molar-refractivity contribution >= 4 is 6.08 Å². The van der Waals surface area contributed by atoms with Gasteiger partial charge in [0.05, 0.1) is 0 Å². The summed E-state index contributed by atoms with van der Waals surface area (Å²) in [5, 5.41) is 0. The highest BCUT2D eigenvalue weighted by Crippen LogP contribution is 2.33. The Balaban J connectivity index is 2.06. The van der Waals surface area contributed by atoms with Gasteiger partial charge in [0.2, 0.25) is 0 Å². The predicted octanol–water partition coefficient (Wildman–Crippen LogP) is 3.30. The van der Waals surface area contributed by atoms with Crippen molar-refractivity contribution in [2.24, 2.45) is 5.73 Å². The molecule has 3 nitrogen and oxygen atoms in total. The molecule has 0 aromatic heterocycles. The Hall–Kier alpha value is -1.48. The number of ether oxygens (including phenoxy) is 2. The Morgan fingerprint density at radius 3 is 2.47 bits per heavy atom. The topological polar surface area (TPSA) is 44.5 Å². The minimum Gasteiger partial charge on any atom is -0.486 e. The van der Waals surface area contributed by atoms with Crippen LogP contribution < -0.4 is 15.2 Å². The van der Waals surface area contributed by atoms with Crippen LogP contribution in [0.3, 0.4) is 0 Å². The monoisotopic (exact) mass is 261 g/mol. The largest absolute Gasteiger partial charge is 0.486 e. The zero-order valence-electron chi connectivity index (χ0n) is 12.0. The lowest BCUT2D eigenvalue weighted by molar-refractivity contribution is 0.171. The SMILES string of the molecule is Cc1cc2c(cc1/C=C/CCC(C)(C)N)OCCO2. The third-order valence-corrected chi connectivity index (χ3v) is 3.18. The van der Waals surface area contributed by atoms with Gasteiger partial charge >= 0.3 is 0 Å². The number of rotatable bonds is 4. The van der Waals surface area contributed by atoms with Gasteiger partial charge in [0, 0.05) is 5.54 Å². The molecule has 1 aromatic rings. The van der Waals surface area contributed by atoms with Crippen LogP contribution in [-0.4, -0.2) is 18.8 Å². The molecule has 0 unspecified atom stereocenters. The van der Waals surface area contributed by atoms with E-state index in [0.717, 1.165) is 24.3 Å². The molecule has 0 bridgehead atoms. The van der Waals surface area contributed by atoms with Crippen LogP contribution in [0.2, 0.25) is 0 Å². The van der Waals surface area contributed by atoms with E-state index >= 15 is 0 Å². The van der Waals surface area contributed by atoms with Crippen molar-refractivity contribution in [1.82, 2.24) is 0 Å². The molecular weight excluding hydrogens is 238 g/mol. The lowest BCUT2D eigenvalue weighted by Crippen LogP contribution is -2.31. The standard InChI is InChI=1S/C16H23NO2/c1-12-10-14-15(19-9-8-18-14)11-13(12)6-4-5-7-16(2,3)17/h4,6,10-11H,5,7-9,17H2,1-3H3/b6-4+. The highest BCUT2D eigenvalue weighted by molar-refractivity contribution is 5.60. The first-order chi connectivity index (χ1) is 8.96. The summed E-state index contributed by atoms with van der Waals surface area (Å²) >= 11 is 0. The number of hydrogen-bond donors (Lipinski definition) is 1. The summed E-state index contributed by atoms with van der Waals surface area (Å²) in [7, 11) is 0. The van der Waals surface area contributed by atoms with Crippen LogP contribution in [0, 0.1) is 6.92 Å². The van der Waals surface area contributed by atoms with Crippen LogP contribution in [-0.2, 0) is 0 Å². The fraction of sp³-hybridized carbons (Fsp3) is 0.500. The molecule has 0 aliphatic carbocycles. The summed E-state index contributed by atoms with van der Waals surface area (Å²) in [6.07, 6.45) is 6.27. The summed E-state index contributed by atoms with van der Waals surface area (Å²) in [6.45, 7) is 7.45. The molecule has 0 atom stereocenters. The Bertz CT molecular complexity index is 472. The van der Waals surface area contributed by atoms with Crippen LogP contribution in [0.4, 0.5) is 0 Å².